The highest BCUT2D eigenvalue weighted by molar-refractivity contribution is 6.42. The first-order valence-corrected chi connectivity index (χ1v) is 16.5. The molecule has 5 rings (SSSR count). The van der Waals surface area contributed by atoms with Crippen LogP contribution in [-0.2, 0) is 22.5 Å². The minimum Gasteiger partial charge on any atom is -0.443 e. The second kappa shape index (κ2) is 13.7. The van der Waals surface area contributed by atoms with Crippen LogP contribution in [0.25, 0.3) is 0 Å². The number of hydrogen-bond acceptors (Lipinski definition) is 7. The highest BCUT2D eigenvalue weighted by atomic mass is 35.5. The molecule has 1 aromatic carbocycles. The average Bonchev–Trinajstić information content (AvgIpc) is 3.41. The maximum Gasteiger partial charge on any atom is 0.416 e. The molecule has 0 aliphatic carbocycles. The van der Waals surface area contributed by atoms with Crippen LogP contribution in [0.15, 0.2) is 36.5 Å². The van der Waals surface area contributed by atoms with Crippen LogP contribution in [0.5, 0.6) is 0 Å². The fourth-order valence-electron chi connectivity index (χ4n) is 5.98. The lowest BCUT2D eigenvalue weighted by molar-refractivity contribution is -0.125. The Bertz CT molecular complexity index is 1830. The molecule has 17 heteroatoms. The third-order valence-electron chi connectivity index (χ3n) is 8.49. The third kappa shape index (κ3) is 7.53. The summed E-state index contributed by atoms with van der Waals surface area (Å²) in [6.45, 7) is 6.49. The number of amides is 4. The fourth-order valence-corrected chi connectivity index (χ4v) is 6.28. The van der Waals surface area contributed by atoms with Crippen LogP contribution in [0.3, 0.4) is 0 Å². The van der Waals surface area contributed by atoms with Crippen molar-refractivity contribution in [1.29, 1.82) is 0 Å². The molecule has 12 nitrogen and oxygen atoms in total. The largest absolute Gasteiger partial charge is 0.443 e. The minimum atomic E-state index is -4.73. The number of nitrogens with one attached hydrogen (secondary N) is 1. The molecule has 3 aromatic rings. The number of nitrogens with zero attached hydrogens (tertiary/aromatic N) is 6. The molecule has 4 amide bonds. The van der Waals surface area contributed by atoms with Gasteiger partial charge in [0.05, 0.1) is 34.9 Å². The van der Waals surface area contributed by atoms with E-state index in [0.717, 1.165) is 0 Å². The normalized spacial score (nSPS) is 18.3. The number of hydrogen-bond donors (Lipinski definition) is 1. The lowest BCUT2D eigenvalue weighted by Crippen LogP contribution is -2.49. The summed E-state index contributed by atoms with van der Waals surface area (Å²) in [7, 11) is 1.47. The predicted octanol–water partition coefficient (Wildman–Crippen LogP) is 5.98. The average molecular weight is 739 g/mol. The van der Waals surface area contributed by atoms with E-state index >= 15 is 0 Å². The Morgan fingerprint density at radius 3 is 2.40 bits per heavy atom. The highest BCUT2D eigenvalue weighted by Crippen LogP contribution is 2.36. The number of alkyl halides is 3. The summed E-state index contributed by atoms with van der Waals surface area (Å²) in [6, 6.07) is 5.34. The van der Waals surface area contributed by atoms with Gasteiger partial charge in [0.15, 0.2) is 0 Å². The summed E-state index contributed by atoms with van der Waals surface area (Å²) in [5.41, 5.74) is 0.929. The molecule has 268 valence electrons. The van der Waals surface area contributed by atoms with E-state index in [9.17, 15) is 32.3 Å². The molecule has 0 bridgehead atoms. The maximum atomic E-state index is 14.3. The molecule has 1 unspecified atom stereocenters. The Hall–Kier alpha value is -4.37. The van der Waals surface area contributed by atoms with E-state index < -0.39 is 48.3 Å². The first-order valence-electron chi connectivity index (χ1n) is 15.7. The molecule has 4 heterocycles. The van der Waals surface area contributed by atoms with E-state index in [1.54, 1.807) is 17.9 Å². The Kier molecular flexibility index (Phi) is 10.1. The number of likely N-dealkylation sites (N-methyl/N-ethyl adjacent to an activating group) is 1. The van der Waals surface area contributed by atoms with E-state index in [0.29, 0.717) is 38.7 Å². The summed E-state index contributed by atoms with van der Waals surface area (Å²) in [5.74, 6) is -1.48. The third-order valence-corrected chi connectivity index (χ3v) is 9.23. The van der Waals surface area contributed by atoms with E-state index in [-0.39, 0.29) is 41.6 Å². The van der Waals surface area contributed by atoms with Crippen molar-refractivity contribution in [3.05, 3.63) is 74.7 Å². The molecule has 0 fully saturated rings. The van der Waals surface area contributed by atoms with Gasteiger partial charge >= 0.3 is 12.3 Å². The van der Waals surface area contributed by atoms with Gasteiger partial charge in [-0.15, -0.1) is 0 Å². The first-order chi connectivity index (χ1) is 23.3. The number of benzene rings is 1. The molecule has 0 spiro atoms. The van der Waals surface area contributed by atoms with Crippen molar-refractivity contribution >= 4 is 52.8 Å². The number of pyridine rings is 1. The lowest BCUT2D eigenvalue weighted by Gasteiger charge is -2.38. The molecule has 1 N–H and O–H groups in total. The summed E-state index contributed by atoms with van der Waals surface area (Å²) in [6.07, 6.45) is -4.36. The maximum absolute atomic E-state index is 14.3. The zero-order chi connectivity index (χ0) is 36.9. The summed E-state index contributed by atoms with van der Waals surface area (Å²) in [5, 5.41) is 7.83. The first kappa shape index (κ1) is 36.9. The molecule has 0 saturated carbocycles. The van der Waals surface area contributed by atoms with Crippen molar-refractivity contribution in [3.63, 3.8) is 0 Å². The van der Waals surface area contributed by atoms with Crippen molar-refractivity contribution in [1.82, 2.24) is 29.9 Å². The molecule has 3 atom stereocenters. The number of fused-ring (bicyclic) bond motifs is 3. The van der Waals surface area contributed by atoms with Gasteiger partial charge < -0.3 is 19.9 Å². The van der Waals surface area contributed by atoms with Gasteiger partial charge in [-0.1, -0.05) is 29.3 Å². The molecular weight excluding hydrogens is 702 g/mol. The van der Waals surface area contributed by atoms with Crippen LogP contribution in [-0.4, -0.2) is 86.3 Å². The van der Waals surface area contributed by atoms with Crippen molar-refractivity contribution in [3.8, 4) is 0 Å². The topological polar surface area (TPSA) is 130 Å². The molecule has 0 radical (unpaired) electrons. The molecule has 2 aliphatic heterocycles. The van der Waals surface area contributed by atoms with Crippen LogP contribution in [0.1, 0.15) is 84.4 Å². The van der Waals surface area contributed by atoms with Crippen molar-refractivity contribution in [2.75, 3.05) is 25.0 Å². The quantitative estimate of drug-likeness (QED) is 0.330. The number of carbonyl (C=O) groups is 4. The molecular formula is C33H36Cl2F3N7O5. The highest BCUT2D eigenvalue weighted by Gasteiger charge is 2.44. The molecule has 2 aliphatic rings. The predicted molar refractivity (Wildman–Crippen MR) is 178 cm³/mol. The van der Waals surface area contributed by atoms with Gasteiger partial charge in [0, 0.05) is 36.8 Å². The second-order valence-corrected chi connectivity index (χ2v) is 14.0. The number of ether oxygens (including phenoxy) is 1. The van der Waals surface area contributed by atoms with Crippen molar-refractivity contribution < 1.29 is 37.1 Å². The van der Waals surface area contributed by atoms with E-state index in [4.69, 9.17) is 27.9 Å². The van der Waals surface area contributed by atoms with Crippen LogP contribution < -0.4 is 10.2 Å². The standard InChI is InChI=1S/C33H36Cl2F3N7O5/c1-17-11-24-21(14-42(17)29(47)19-7-9-22(34)23(35)12-19)27-30(48)43(15-25(28(46)39-6)45(27)41-24)18(2)20-8-10-26(40-13-20)44(16-33(36,37)38)31(49)50-32(3,4)5/h7-10,12-13,17-18,25H,11,14-16H2,1-6H3,(H,39,46)/t17-,18?,25+/m1/s1. The van der Waals surface area contributed by atoms with Gasteiger partial charge in [-0.3, -0.25) is 19.3 Å². The van der Waals surface area contributed by atoms with Crippen molar-refractivity contribution in [2.24, 2.45) is 0 Å². The van der Waals surface area contributed by atoms with Gasteiger partial charge in [0.25, 0.3) is 11.8 Å². The summed E-state index contributed by atoms with van der Waals surface area (Å²) in [4.78, 5) is 61.4. The van der Waals surface area contributed by atoms with Gasteiger partial charge in [0.2, 0.25) is 5.91 Å². The lowest BCUT2D eigenvalue weighted by atomic mass is 9.96. The minimum absolute atomic E-state index is 0.0370. The smallest absolute Gasteiger partial charge is 0.416 e. The van der Waals surface area contributed by atoms with Gasteiger partial charge in [-0.05, 0) is 64.4 Å². The van der Waals surface area contributed by atoms with Crippen LogP contribution >= 0.6 is 23.2 Å². The number of aromatic nitrogens is 3. The summed E-state index contributed by atoms with van der Waals surface area (Å²) < 4.78 is 46.9. The number of carbonyl (C=O) groups excluding carboxylic acids is 4. The Balaban J connectivity index is 1.46. The van der Waals surface area contributed by atoms with Crippen LogP contribution in [0, 0.1) is 0 Å². The Morgan fingerprint density at radius 2 is 1.82 bits per heavy atom. The van der Waals surface area contributed by atoms with Gasteiger partial charge in [-0.2, -0.15) is 18.3 Å². The number of rotatable bonds is 6. The Labute approximate surface area is 296 Å². The SMILES string of the molecule is CNC(=O)[C@@H]1CN(C(C)c2ccc(N(CC(F)(F)F)C(=O)OC(C)(C)C)nc2)C(=O)c2c3c(nn21)C[C@@H](C)N(C(=O)c1ccc(Cl)c(Cl)c1)C3. The Morgan fingerprint density at radius 1 is 1.12 bits per heavy atom. The van der Waals surface area contributed by atoms with Crippen LogP contribution in [0.2, 0.25) is 10.0 Å². The number of halogens is 5. The zero-order valence-electron chi connectivity index (χ0n) is 28.1. The zero-order valence-corrected chi connectivity index (χ0v) is 29.7. The molecule has 0 saturated heterocycles. The van der Waals surface area contributed by atoms with E-state index in [2.05, 4.69) is 15.4 Å². The summed E-state index contributed by atoms with van der Waals surface area (Å²) >= 11 is 12.2. The van der Waals surface area contributed by atoms with Crippen molar-refractivity contribution in [2.45, 2.75) is 77.5 Å². The second-order valence-electron chi connectivity index (χ2n) is 13.2. The monoisotopic (exact) mass is 737 g/mol. The number of anilines is 1. The van der Waals surface area contributed by atoms with Gasteiger partial charge in [0.1, 0.15) is 29.7 Å². The van der Waals surface area contributed by atoms with E-state index in [1.807, 2.05) is 6.92 Å². The fraction of sp³-hybridized carbons (Fsp3) is 0.455. The molecule has 2 aromatic heterocycles. The van der Waals surface area contributed by atoms with Crippen LogP contribution in [0.4, 0.5) is 23.8 Å². The van der Waals surface area contributed by atoms with Gasteiger partial charge in [-0.25, -0.2) is 14.5 Å². The van der Waals surface area contributed by atoms with E-state index in [1.165, 1.54) is 67.9 Å². The molecule has 50 heavy (non-hydrogen) atoms.